The topological polar surface area (TPSA) is 96.9 Å². The number of carbonyl (C=O) groups is 2. The van der Waals surface area contributed by atoms with Gasteiger partial charge in [0.1, 0.15) is 5.60 Å². The van der Waals surface area contributed by atoms with Crippen molar-refractivity contribution >= 4 is 23.2 Å². The van der Waals surface area contributed by atoms with Gasteiger partial charge in [0.05, 0.1) is 6.54 Å². The van der Waals surface area contributed by atoms with Crippen LogP contribution in [0.2, 0.25) is 0 Å². The Hall–Kier alpha value is -2.58. The first-order chi connectivity index (χ1) is 13.1. The van der Waals surface area contributed by atoms with E-state index in [1.165, 1.54) is 11.3 Å². The van der Waals surface area contributed by atoms with Gasteiger partial charge in [-0.2, -0.15) is 0 Å². The fourth-order valence-corrected chi connectivity index (χ4v) is 4.03. The zero-order chi connectivity index (χ0) is 18.9. The molecule has 142 valence electrons. The number of nitrogens with one attached hydrogen (secondary N) is 2. The van der Waals surface area contributed by atoms with Crippen LogP contribution in [0, 0.1) is 5.92 Å². The number of benzene rings is 1. The number of carbonyl (C=O) groups excluding carboxylic acids is 2. The van der Waals surface area contributed by atoms with Gasteiger partial charge in [-0.05, 0) is 47.9 Å². The maximum Gasteiger partial charge on any atom is 0.309 e. The average molecular weight is 388 g/mol. The molecule has 0 spiro atoms. The first-order valence-electron chi connectivity index (χ1n) is 8.77. The minimum Gasteiger partial charge on any atom is -0.454 e. The molecule has 7 nitrogen and oxygen atoms in total. The zero-order valence-electron chi connectivity index (χ0n) is 14.6. The van der Waals surface area contributed by atoms with Gasteiger partial charge in [-0.1, -0.05) is 12.1 Å². The summed E-state index contributed by atoms with van der Waals surface area (Å²) in [4.78, 5) is 25.0. The van der Waals surface area contributed by atoms with Crippen LogP contribution in [-0.4, -0.2) is 30.3 Å². The van der Waals surface area contributed by atoms with Crippen molar-refractivity contribution in [1.29, 1.82) is 0 Å². The highest BCUT2D eigenvalue weighted by Crippen LogP contribution is 2.46. The Labute approximate surface area is 160 Å². The van der Waals surface area contributed by atoms with Gasteiger partial charge in [-0.25, -0.2) is 0 Å². The molecule has 1 aliphatic carbocycles. The molecule has 2 aromatic rings. The first kappa shape index (κ1) is 17.8. The van der Waals surface area contributed by atoms with Gasteiger partial charge in [0.25, 0.3) is 0 Å². The minimum absolute atomic E-state index is 0.0223. The highest BCUT2D eigenvalue weighted by molar-refractivity contribution is 7.10. The standard InChI is InChI=1S/C19H20N2O5S/c22-17(20-9-12-3-6-14-15(8-12)26-11-25-14)18(23)21-10-19(24,13-4-5-13)16-2-1-7-27-16/h1-3,6-8,13,24H,4-5,9-11H2,(H,20,22)(H,21,23)/t19-/m0/s1. The van der Waals surface area contributed by atoms with Crippen molar-refractivity contribution in [2.45, 2.75) is 25.0 Å². The summed E-state index contributed by atoms with van der Waals surface area (Å²) < 4.78 is 10.5. The Morgan fingerprint density at radius 2 is 1.93 bits per heavy atom. The highest BCUT2D eigenvalue weighted by atomic mass is 32.1. The molecule has 2 aliphatic rings. The number of thiophene rings is 1. The lowest BCUT2D eigenvalue weighted by Crippen LogP contribution is -2.47. The molecule has 4 rings (SSSR count). The first-order valence-corrected chi connectivity index (χ1v) is 9.65. The van der Waals surface area contributed by atoms with Gasteiger partial charge in [-0.15, -0.1) is 11.3 Å². The summed E-state index contributed by atoms with van der Waals surface area (Å²) in [5.74, 6) is -0.0936. The largest absolute Gasteiger partial charge is 0.454 e. The summed E-state index contributed by atoms with van der Waals surface area (Å²) in [6.45, 7) is 0.400. The molecule has 0 bridgehead atoms. The lowest BCUT2D eigenvalue weighted by molar-refractivity contribution is -0.140. The zero-order valence-corrected chi connectivity index (χ0v) is 15.4. The maximum atomic E-state index is 12.1. The molecule has 8 heteroatoms. The van der Waals surface area contributed by atoms with Crippen LogP contribution in [0.25, 0.3) is 0 Å². The number of hydrogen-bond acceptors (Lipinski definition) is 6. The van der Waals surface area contributed by atoms with E-state index in [0.717, 1.165) is 23.3 Å². The number of amides is 2. The van der Waals surface area contributed by atoms with Gasteiger partial charge < -0.3 is 25.2 Å². The predicted molar refractivity (Wildman–Crippen MR) is 98.4 cm³/mol. The second-order valence-corrected chi connectivity index (χ2v) is 7.68. The Morgan fingerprint density at radius 1 is 1.15 bits per heavy atom. The molecular weight excluding hydrogens is 368 g/mol. The third kappa shape index (κ3) is 3.77. The molecule has 2 heterocycles. The Balaban J connectivity index is 1.31. The molecule has 1 aromatic carbocycles. The predicted octanol–water partition coefficient (Wildman–Crippen LogP) is 1.51. The van der Waals surface area contributed by atoms with E-state index in [9.17, 15) is 14.7 Å². The molecule has 0 radical (unpaired) electrons. The highest BCUT2D eigenvalue weighted by Gasteiger charge is 2.46. The van der Waals surface area contributed by atoms with Crippen LogP contribution in [0.15, 0.2) is 35.7 Å². The fourth-order valence-electron chi connectivity index (χ4n) is 3.13. The molecule has 3 N–H and O–H groups in total. The Bertz CT molecular complexity index is 850. The van der Waals surface area contributed by atoms with E-state index >= 15 is 0 Å². The van der Waals surface area contributed by atoms with Crippen LogP contribution in [0.5, 0.6) is 11.5 Å². The molecule has 0 unspecified atom stereocenters. The molecule has 1 saturated carbocycles. The lowest BCUT2D eigenvalue weighted by atomic mass is 9.95. The summed E-state index contributed by atoms with van der Waals surface area (Å²) in [6.07, 6.45) is 1.83. The number of ether oxygens (including phenoxy) is 2. The molecular formula is C19H20N2O5S. The summed E-state index contributed by atoms with van der Waals surface area (Å²) >= 11 is 1.45. The number of fused-ring (bicyclic) bond motifs is 1. The smallest absolute Gasteiger partial charge is 0.309 e. The van der Waals surface area contributed by atoms with Crippen molar-refractivity contribution in [3.63, 3.8) is 0 Å². The Morgan fingerprint density at radius 3 is 2.67 bits per heavy atom. The fraction of sp³-hybridized carbons (Fsp3) is 0.368. The molecule has 0 saturated heterocycles. The van der Waals surface area contributed by atoms with E-state index in [0.29, 0.717) is 11.5 Å². The van der Waals surface area contributed by atoms with Crippen molar-refractivity contribution in [1.82, 2.24) is 10.6 Å². The number of aliphatic hydroxyl groups is 1. The van der Waals surface area contributed by atoms with Crippen molar-refractivity contribution in [2.75, 3.05) is 13.3 Å². The van der Waals surface area contributed by atoms with E-state index in [1.54, 1.807) is 18.2 Å². The van der Waals surface area contributed by atoms with Crippen molar-refractivity contribution < 1.29 is 24.2 Å². The third-order valence-electron chi connectivity index (χ3n) is 4.82. The van der Waals surface area contributed by atoms with Crippen LogP contribution < -0.4 is 20.1 Å². The van der Waals surface area contributed by atoms with E-state index in [4.69, 9.17) is 9.47 Å². The van der Waals surface area contributed by atoms with Crippen LogP contribution in [0.4, 0.5) is 0 Å². The SMILES string of the molecule is O=C(NCc1ccc2c(c1)OCO2)C(=O)NC[C@@](O)(c1cccs1)C1CC1. The van der Waals surface area contributed by atoms with Gasteiger partial charge >= 0.3 is 11.8 Å². The van der Waals surface area contributed by atoms with Crippen molar-refractivity contribution in [2.24, 2.45) is 5.92 Å². The van der Waals surface area contributed by atoms with Crippen LogP contribution >= 0.6 is 11.3 Å². The van der Waals surface area contributed by atoms with Gasteiger partial charge in [-0.3, -0.25) is 9.59 Å². The van der Waals surface area contributed by atoms with Crippen LogP contribution in [0.1, 0.15) is 23.3 Å². The van der Waals surface area contributed by atoms with E-state index in [2.05, 4.69) is 10.6 Å². The van der Waals surface area contributed by atoms with Crippen molar-refractivity contribution in [3.8, 4) is 11.5 Å². The summed E-state index contributed by atoms with van der Waals surface area (Å²) in [7, 11) is 0. The maximum absolute atomic E-state index is 12.1. The van der Waals surface area contributed by atoms with Crippen LogP contribution in [-0.2, 0) is 21.7 Å². The second kappa shape index (κ2) is 7.21. The second-order valence-electron chi connectivity index (χ2n) is 6.73. The summed E-state index contributed by atoms with van der Waals surface area (Å²) in [5, 5.41) is 18.0. The van der Waals surface area contributed by atoms with Crippen molar-refractivity contribution in [3.05, 3.63) is 46.2 Å². The summed E-state index contributed by atoms with van der Waals surface area (Å²) in [6, 6.07) is 9.06. The third-order valence-corrected chi connectivity index (χ3v) is 5.85. The van der Waals surface area contributed by atoms with Gasteiger partial charge in [0.15, 0.2) is 11.5 Å². The quantitative estimate of drug-likeness (QED) is 0.652. The average Bonchev–Trinajstić information content (AvgIpc) is 3.20. The van der Waals surface area contributed by atoms with Crippen LogP contribution in [0.3, 0.4) is 0 Å². The van der Waals surface area contributed by atoms with E-state index in [-0.39, 0.29) is 25.8 Å². The number of rotatable bonds is 6. The van der Waals surface area contributed by atoms with E-state index in [1.807, 2.05) is 17.5 Å². The Kier molecular flexibility index (Phi) is 4.75. The summed E-state index contributed by atoms with van der Waals surface area (Å²) in [5.41, 5.74) is -0.310. The molecule has 1 fully saturated rings. The lowest BCUT2D eigenvalue weighted by Gasteiger charge is -2.27. The van der Waals surface area contributed by atoms with E-state index < -0.39 is 17.4 Å². The normalized spacial score (nSPS) is 17.2. The van der Waals surface area contributed by atoms with Gasteiger partial charge in [0, 0.05) is 11.4 Å². The monoisotopic (exact) mass is 388 g/mol. The molecule has 1 atom stereocenters. The minimum atomic E-state index is -1.11. The number of hydrogen-bond donors (Lipinski definition) is 3. The molecule has 1 aromatic heterocycles. The molecule has 27 heavy (non-hydrogen) atoms. The van der Waals surface area contributed by atoms with Gasteiger partial charge in [0.2, 0.25) is 6.79 Å². The molecule has 2 amide bonds. The molecule has 1 aliphatic heterocycles.